The van der Waals surface area contributed by atoms with Crippen LogP contribution in [0.15, 0.2) is 18.2 Å². The van der Waals surface area contributed by atoms with Crippen molar-refractivity contribution < 1.29 is 4.74 Å². The van der Waals surface area contributed by atoms with Crippen molar-refractivity contribution in [3.05, 3.63) is 24.0 Å². The molecule has 1 aromatic carbocycles. The van der Waals surface area contributed by atoms with Gasteiger partial charge in [-0.05, 0) is 38.8 Å². The van der Waals surface area contributed by atoms with Crippen molar-refractivity contribution in [2.45, 2.75) is 64.5 Å². The van der Waals surface area contributed by atoms with Crippen LogP contribution in [0.1, 0.15) is 57.7 Å². The fourth-order valence-corrected chi connectivity index (χ4v) is 3.44. The molecule has 1 heterocycles. The lowest BCUT2D eigenvalue weighted by atomic mass is 9.88. The summed E-state index contributed by atoms with van der Waals surface area (Å²) in [6.45, 7) is 4.65. The van der Waals surface area contributed by atoms with Crippen LogP contribution >= 0.6 is 0 Å². The predicted octanol–water partition coefficient (Wildman–Crippen LogP) is 4.50. The largest absolute Gasteiger partial charge is 0.489 e. The second kappa shape index (κ2) is 6.44. The number of hydrogen-bond donors (Lipinski definition) is 0. The van der Waals surface area contributed by atoms with E-state index in [4.69, 9.17) is 16.1 Å². The van der Waals surface area contributed by atoms with Gasteiger partial charge >= 0.3 is 0 Å². The molecule has 22 heavy (non-hydrogen) atoms. The van der Waals surface area contributed by atoms with Crippen LogP contribution in [0.25, 0.3) is 11.0 Å². The number of hydrogen-bond acceptors (Lipinski definition) is 2. The molecule has 2 aromatic rings. The van der Waals surface area contributed by atoms with Gasteiger partial charge in [-0.1, -0.05) is 31.2 Å². The van der Waals surface area contributed by atoms with Crippen LogP contribution in [0, 0.1) is 12.3 Å². The van der Waals surface area contributed by atoms with Crippen molar-refractivity contribution in [1.29, 1.82) is 0 Å². The molecule has 1 saturated carbocycles. The predicted molar refractivity (Wildman–Crippen MR) is 90.2 cm³/mol. The summed E-state index contributed by atoms with van der Waals surface area (Å²) in [7, 11) is 0. The number of terminal acetylenes is 1. The minimum absolute atomic E-state index is 0.137. The molecule has 3 rings (SSSR count). The Labute approximate surface area is 132 Å². The molecule has 0 bridgehead atoms. The van der Waals surface area contributed by atoms with Crippen LogP contribution in [0.3, 0.4) is 0 Å². The SMILES string of the molecule is C#CCn1c(C2CCCCC2)nc2cccc(OC(C)C)c21. The Balaban J connectivity index is 2.12. The first-order chi connectivity index (χ1) is 10.7. The van der Waals surface area contributed by atoms with E-state index in [2.05, 4.69) is 16.6 Å². The van der Waals surface area contributed by atoms with Gasteiger partial charge in [0.05, 0.1) is 18.2 Å². The summed E-state index contributed by atoms with van der Waals surface area (Å²) in [4.78, 5) is 4.91. The maximum atomic E-state index is 5.99. The Morgan fingerprint density at radius 2 is 2.09 bits per heavy atom. The molecule has 3 heteroatoms. The van der Waals surface area contributed by atoms with Gasteiger partial charge in [0.1, 0.15) is 17.1 Å². The molecule has 0 radical (unpaired) electrons. The average molecular weight is 296 g/mol. The Morgan fingerprint density at radius 3 is 2.77 bits per heavy atom. The molecule has 116 valence electrons. The maximum Gasteiger partial charge on any atom is 0.145 e. The zero-order chi connectivity index (χ0) is 15.5. The van der Waals surface area contributed by atoms with Crippen molar-refractivity contribution >= 4 is 11.0 Å². The Bertz CT molecular complexity index is 687. The van der Waals surface area contributed by atoms with E-state index < -0.39 is 0 Å². The fourth-order valence-electron chi connectivity index (χ4n) is 3.44. The lowest BCUT2D eigenvalue weighted by Crippen LogP contribution is -2.13. The Morgan fingerprint density at radius 1 is 1.32 bits per heavy atom. The summed E-state index contributed by atoms with van der Waals surface area (Å²) < 4.78 is 8.18. The standard InChI is InChI=1S/C19H24N2O/c1-4-13-21-18-16(11-8-12-17(18)22-14(2)3)20-19(21)15-9-6-5-7-10-15/h1,8,11-12,14-15H,5-7,9-10,13H2,2-3H3. The first kappa shape index (κ1) is 15.0. The molecule has 0 N–H and O–H groups in total. The lowest BCUT2D eigenvalue weighted by Gasteiger charge is -2.22. The van der Waals surface area contributed by atoms with Gasteiger partial charge in [-0.25, -0.2) is 4.98 Å². The van der Waals surface area contributed by atoms with Gasteiger partial charge in [-0.2, -0.15) is 0 Å². The zero-order valence-electron chi connectivity index (χ0n) is 13.5. The third-order valence-corrected chi connectivity index (χ3v) is 4.34. The van der Waals surface area contributed by atoms with Gasteiger partial charge in [0.15, 0.2) is 0 Å². The van der Waals surface area contributed by atoms with E-state index in [0.717, 1.165) is 22.6 Å². The van der Waals surface area contributed by atoms with E-state index in [1.165, 1.54) is 32.1 Å². The molecule has 0 aliphatic heterocycles. The number of benzene rings is 1. The number of aromatic nitrogens is 2. The van der Waals surface area contributed by atoms with E-state index in [9.17, 15) is 0 Å². The van der Waals surface area contributed by atoms with Crippen LogP contribution in [0.4, 0.5) is 0 Å². The monoisotopic (exact) mass is 296 g/mol. The molecular weight excluding hydrogens is 272 g/mol. The topological polar surface area (TPSA) is 27.1 Å². The number of rotatable bonds is 4. The van der Waals surface area contributed by atoms with Crippen molar-refractivity contribution in [2.24, 2.45) is 0 Å². The van der Waals surface area contributed by atoms with Crippen molar-refractivity contribution in [3.63, 3.8) is 0 Å². The summed E-state index contributed by atoms with van der Waals surface area (Å²) in [5.74, 6) is 5.35. The molecule has 1 aliphatic rings. The third kappa shape index (κ3) is 2.83. The van der Waals surface area contributed by atoms with Gasteiger partial charge < -0.3 is 9.30 Å². The van der Waals surface area contributed by atoms with Crippen LogP contribution in [-0.4, -0.2) is 15.7 Å². The van der Waals surface area contributed by atoms with E-state index in [1.807, 2.05) is 26.0 Å². The second-order valence-electron chi connectivity index (χ2n) is 6.39. The highest BCUT2D eigenvalue weighted by molar-refractivity contribution is 5.83. The first-order valence-electron chi connectivity index (χ1n) is 8.30. The maximum absolute atomic E-state index is 5.99. The second-order valence-corrected chi connectivity index (χ2v) is 6.39. The average Bonchev–Trinajstić information content (AvgIpc) is 2.88. The summed E-state index contributed by atoms with van der Waals surface area (Å²) in [6, 6.07) is 6.08. The Hall–Kier alpha value is -1.95. The van der Waals surface area contributed by atoms with Crippen LogP contribution in [0.5, 0.6) is 5.75 Å². The number of imidazole rings is 1. The summed E-state index contributed by atoms with van der Waals surface area (Å²) in [5, 5.41) is 0. The molecule has 0 spiro atoms. The number of fused-ring (bicyclic) bond motifs is 1. The molecule has 3 nitrogen and oxygen atoms in total. The van der Waals surface area contributed by atoms with Crippen LogP contribution in [-0.2, 0) is 6.54 Å². The van der Waals surface area contributed by atoms with E-state index >= 15 is 0 Å². The van der Waals surface area contributed by atoms with E-state index in [1.54, 1.807) is 0 Å². The molecule has 0 amide bonds. The number of ether oxygens (including phenoxy) is 1. The summed E-state index contributed by atoms with van der Waals surface area (Å²) in [5.41, 5.74) is 2.05. The van der Waals surface area contributed by atoms with Crippen molar-refractivity contribution in [2.75, 3.05) is 0 Å². The number of para-hydroxylation sites is 1. The highest BCUT2D eigenvalue weighted by Crippen LogP contribution is 2.36. The zero-order valence-corrected chi connectivity index (χ0v) is 13.5. The van der Waals surface area contributed by atoms with Gasteiger partial charge in [-0.3, -0.25) is 0 Å². The van der Waals surface area contributed by atoms with Crippen LogP contribution < -0.4 is 4.74 Å². The molecule has 1 fully saturated rings. The van der Waals surface area contributed by atoms with Gasteiger partial charge in [0.2, 0.25) is 0 Å². The molecular formula is C19H24N2O. The quantitative estimate of drug-likeness (QED) is 0.776. The van der Waals surface area contributed by atoms with Crippen molar-refractivity contribution in [3.8, 4) is 18.1 Å². The van der Waals surface area contributed by atoms with Gasteiger partial charge in [0.25, 0.3) is 0 Å². The summed E-state index contributed by atoms with van der Waals surface area (Å²) >= 11 is 0. The highest BCUT2D eigenvalue weighted by atomic mass is 16.5. The minimum atomic E-state index is 0.137. The van der Waals surface area contributed by atoms with Crippen LogP contribution in [0.2, 0.25) is 0 Å². The first-order valence-corrected chi connectivity index (χ1v) is 8.30. The molecule has 0 atom stereocenters. The highest BCUT2D eigenvalue weighted by Gasteiger charge is 2.23. The third-order valence-electron chi connectivity index (χ3n) is 4.34. The molecule has 0 unspecified atom stereocenters. The Kier molecular flexibility index (Phi) is 4.38. The molecule has 1 aromatic heterocycles. The van der Waals surface area contributed by atoms with Crippen molar-refractivity contribution in [1.82, 2.24) is 9.55 Å². The van der Waals surface area contributed by atoms with Gasteiger partial charge in [0, 0.05) is 5.92 Å². The lowest BCUT2D eigenvalue weighted by molar-refractivity contribution is 0.244. The fraction of sp³-hybridized carbons (Fsp3) is 0.526. The smallest absolute Gasteiger partial charge is 0.145 e. The molecule has 1 aliphatic carbocycles. The molecule has 0 saturated heterocycles. The summed E-state index contributed by atoms with van der Waals surface area (Å²) in [6.07, 6.45) is 12.1. The normalized spacial score (nSPS) is 16.1. The van der Waals surface area contributed by atoms with E-state index in [-0.39, 0.29) is 6.10 Å². The van der Waals surface area contributed by atoms with E-state index in [0.29, 0.717) is 12.5 Å². The van der Waals surface area contributed by atoms with Gasteiger partial charge in [-0.15, -0.1) is 6.42 Å². The number of nitrogens with zero attached hydrogens (tertiary/aromatic N) is 2. The minimum Gasteiger partial charge on any atom is -0.489 e.